The lowest BCUT2D eigenvalue weighted by Crippen LogP contribution is -1.96. The van der Waals surface area contributed by atoms with Crippen LogP contribution in [0.5, 0.6) is 0 Å². The first-order valence-electron chi connectivity index (χ1n) is 7.42. The van der Waals surface area contributed by atoms with Gasteiger partial charge in [-0.2, -0.15) is 0 Å². The fraction of sp³-hybridized carbons (Fsp3) is 0.368. The third kappa shape index (κ3) is 3.96. The Morgan fingerprint density at radius 1 is 0.800 bits per heavy atom. The lowest BCUT2D eigenvalue weighted by Gasteiger charge is -2.13. The Balaban J connectivity index is 2.13. The van der Waals surface area contributed by atoms with Gasteiger partial charge in [-0.05, 0) is 41.0 Å². The molecule has 0 fully saturated rings. The Bertz CT molecular complexity index is 523. The molecular weight excluding hydrogens is 308 g/mol. The van der Waals surface area contributed by atoms with Crippen molar-refractivity contribution >= 4 is 15.9 Å². The van der Waals surface area contributed by atoms with Gasteiger partial charge in [0.15, 0.2) is 0 Å². The highest BCUT2D eigenvalue weighted by atomic mass is 79.9. The first-order valence-corrected chi connectivity index (χ1v) is 8.33. The molecule has 0 amide bonds. The zero-order valence-electron chi connectivity index (χ0n) is 12.6. The minimum atomic E-state index is 0.279. The molecule has 2 rings (SSSR count). The second-order valence-corrected chi connectivity index (χ2v) is 6.71. The average molecular weight is 331 g/mol. The summed E-state index contributed by atoms with van der Waals surface area (Å²) in [5.41, 5.74) is 5.45. The van der Waals surface area contributed by atoms with Crippen LogP contribution in [0.4, 0.5) is 0 Å². The van der Waals surface area contributed by atoms with Crippen LogP contribution < -0.4 is 0 Å². The van der Waals surface area contributed by atoms with Crippen LogP contribution in [0.2, 0.25) is 0 Å². The lowest BCUT2D eigenvalue weighted by atomic mass is 9.98. The van der Waals surface area contributed by atoms with Gasteiger partial charge >= 0.3 is 0 Å². The number of hydrogen-bond acceptors (Lipinski definition) is 0. The molecule has 0 aliphatic rings. The molecule has 106 valence electrons. The Morgan fingerprint density at radius 3 is 1.65 bits per heavy atom. The summed E-state index contributed by atoms with van der Waals surface area (Å²) in [6.45, 7) is 6.71. The van der Waals surface area contributed by atoms with Gasteiger partial charge in [-0.15, -0.1) is 0 Å². The van der Waals surface area contributed by atoms with Gasteiger partial charge in [-0.1, -0.05) is 85.2 Å². The van der Waals surface area contributed by atoms with E-state index in [1.165, 1.54) is 22.3 Å². The number of rotatable bonds is 5. The molecule has 2 aromatic rings. The standard InChI is InChI=1S/C19H23Br/c1-4-15-5-9-17(10-6-15)19(20)18-11-7-16(8-12-18)13-14(2)3/h5-12,14,19H,4,13H2,1-3H3. The van der Waals surface area contributed by atoms with E-state index in [4.69, 9.17) is 0 Å². The van der Waals surface area contributed by atoms with Crippen molar-refractivity contribution in [3.63, 3.8) is 0 Å². The molecule has 0 N–H and O–H groups in total. The molecule has 0 aliphatic heterocycles. The Labute approximate surface area is 131 Å². The Kier molecular flexibility index (Phi) is 5.42. The molecule has 0 spiro atoms. The van der Waals surface area contributed by atoms with Crippen molar-refractivity contribution in [2.24, 2.45) is 5.92 Å². The highest BCUT2D eigenvalue weighted by molar-refractivity contribution is 9.09. The van der Waals surface area contributed by atoms with E-state index in [0.29, 0.717) is 5.92 Å². The van der Waals surface area contributed by atoms with E-state index in [0.717, 1.165) is 12.8 Å². The van der Waals surface area contributed by atoms with Crippen LogP contribution in [0.25, 0.3) is 0 Å². The van der Waals surface area contributed by atoms with Gasteiger partial charge in [-0.25, -0.2) is 0 Å². The first kappa shape index (κ1) is 15.3. The van der Waals surface area contributed by atoms with E-state index in [2.05, 4.69) is 85.2 Å². The van der Waals surface area contributed by atoms with Crippen LogP contribution in [0, 0.1) is 5.92 Å². The highest BCUT2D eigenvalue weighted by Gasteiger charge is 2.10. The third-order valence-corrected chi connectivity index (χ3v) is 4.65. The number of halogens is 1. The highest BCUT2D eigenvalue weighted by Crippen LogP contribution is 2.31. The van der Waals surface area contributed by atoms with Crippen molar-refractivity contribution in [2.45, 2.75) is 38.4 Å². The fourth-order valence-electron chi connectivity index (χ4n) is 2.41. The van der Waals surface area contributed by atoms with Gasteiger partial charge < -0.3 is 0 Å². The van der Waals surface area contributed by atoms with Crippen LogP contribution in [0.15, 0.2) is 48.5 Å². The van der Waals surface area contributed by atoms with Crippen LogP contribution in [0.1, 0.15) is 47.9 Å². The monoisotopic (exact) mass is 330 g/mol. The predicted octanol–water partition coefficient (Wildman–Crippen LogP) is 5.93. The minimum absolute atomic E-state index is 0.279. The zero-order chi connectivity index (χ0) is 14.5. The van der Waals surface area contributed by atoms with Gasteiger partial charge in [0.1, 0.15) is 0 Å². The van der Waals surface area contributed by atoms with E-state index in [-0.39, 0.29) is 4.83 Å². The molecule has 0 aliphatic carbocycles. The van der Waals surface area contributed by atoms with E-state index in [1.54, 1.807) is 0 Å². The molecule has 20 heavy (non-hydrogen) atoms. The molecule has 0 nitrogen and oxygen atoms in total. The van der Waals surface area contributed by atoms with Crippen LogP contribution in [-0.2, 0) is 12.8 Å². The molecule has 2 aromatic carbocycles. The van der Waals surface area contributed by atoms with Crippen LogP contribution in [0.3, 0.4) is 0 Å². The maximum Gasteiger partial charge on any atom is 0.0644 e. The summed E-state index contributed by atoms with van der Waals surface area (Å²) >= 11 is 3.82. The van der Waals surface area contributed by atoms with Gasteiger partial charge in [0.2, 0.25) is 0 Å². The number of hydrogen-bond donors (Lipinski definition) is 0. The van der Waals surface area contributed by atoms with Gasteiger partial charge in [0, 0.05) is 0 Å². The molecule has 0 saturated carbocycles. The largest absolute Gasteiger partial charge is 0.0786 e. The number of benzene rings is 2. The van der Waals surface area contributed by atoms with E-state index >= 15 is 0 Å². The molecular formula is C19H23Br. The molecule has 0 radical (unpaired) electrons. The van der Waals surface area contributed by atoms with E-state index in [1.807, 2.05) is 0 Å². The Hall–Kier alpha value is -1.08. The summed E-state index contributed by atoms with van der Waals surface area (Å²) < 4.78 is 0. The SMILES string of the molecule is CCc1ccc(C(Br)c2ccc(CC(C)C)cc2)cc1. The summed E-state index contributed by atoms with van der Waals surface area (Å²) in [5.74, 6) is 0.710. The van der Waals surface area contributed by atoms with Crippen LogP contribution >= 0.6 is 15.9 Å². The average Bonchev–Trinajstić information content (AvgIpc) is 2.47. The van der Waals surface area contributed by atoms with Crippen LogP contribution in [-0.4, -0.2) is 0 Å². The number of alkyl halides is 1. The van der Waals surface area contributed by atoms with Crippen molar-refractivity contribution in [3.05, 3.63) is 70.8 Å². The smallest absolute Gasteiger partial charge is 0.0644 e. The molecule has 1 unspecified atom stereocenters. The van der Waals surface area contributed by atoms with Gasteiger partial charge in [-0.3, -0.25) is 0 Å². The first-order chi connectivity index (χ1) is 9.60. The topological polar surface area (TPSA) is 0 Å². The summed E-state index contributed by atoms with van der Waals surface area (Å²) in [4.78, 5) is 0.279. The van der Waals surface area contributed by atoms with E-state index < -0.39 is 0 Å². The number of aryl methyl sites for hydroxylation is 1. The lowest BCUT2D eigenvalue weighted by molar-refractivity contribution is 0.647. The second kappa shape index (κ2) is 7.08. The maximum atomic E-state index is 3.82. The van der Waals surface area contributed by atoms with Crippen molar-refractivity contribution in [1.29, 1.82) is 0 Å². The summed E-state index contributed by atoms with van der Waals surface area (Å²) in [7, 11) is 0. The minimum Gasteiger partial charge on any atom is -0.0786 e. The van der Waals surface area contributed by atoms with Crippen molar-refractivity contribution < 1.29 is 0 Å². The van der Waals surface area contributed by atoms with Crippen molar-refractivity contribution in [1.82, 2.24) is 0 Å². The van der Waals surface area contributed by atoms with Gasteiger partial charge in [0.05, 0.1) is 4.83 Å². The summed E-state index contributed by atoms with van der Waals surface area (Å²) in [6.07, 6.45) is 2.25. The molecule has 0 aromatic heterocycles. The molecule has 0 bridgehead atoms. The van der Waals surface area contributed by atoms with Gasteiger partial charge in [0.25, 0.3) is 0 Å². The van der Waals surface area contributed by atoms with Crippen molar-refractivity contribution in [3.8, 4) is 0 Å². The maximum absolute atomic E-state index is 3.82. The Morgan fingerprint density at radius 2 is 1.25 bits per heavy atom. The molecule has 0 heterocycles. The second-order valence-electron chi connectivity index (χ2n) is 5.80. The quantitative estimate of drug-likeness (QED) is 0.596. The summed E-state index contributed by atoms with van der Waals surface area (Å²) in [6, 6.07) is 17.9. The normalized spacial score (nSPS) is 12.7. The molecule has 0 saturated heterocycles. The van der Waals surface area contributed by atoms with Crippen molar-refractivity contribution in [2.75, 3.05) is 0 Å². The zero-order valence-corrected chi connectivity index (χ0v) is 14.2. The fourth-order valence-corrected chi connectivity index (χ4v) is 3.02. The molecule has 1 heteroatoms. The molecule has 1 atom stereocenters. The summed E-state index contributed by atoms with van der Waals surface area (Å²) in [5, 5.41) is 0. The van der Waals surface area contributed by atoms with E-state index in [9.17, 15) is 0 Å². The third-order valence-electron chi connectivity index (χ3n) is 3.60. The predicted molar refractivity (Wildman–Crippen MR) is 91.6 cm³/mol.